The second kappa shape index (κ2) is 6.95. The van der Waals surface area contributed by atoms with Crippen LogP contribution in [0.15, 0.2) is 40.9 Å². The van der Waals surface area contributed by atoms with Gasteiger partial charge >= 0.3 is 5.97 Å². The van der Waals surface area contributed by atoms with Crippen molar-refractivity contribution in [2.75, 3.05) is 0 Å². The van der Waals surface area contributed by atoms with E-state index in [1.165, 1.54) is 18.2 Å². The van der Waals surface area contributed by atoms with E-state index >= 15 is 0 Å². The molecule has 1 N–H and O–H groups in total. The second-order valence-electron chi connectivity index (χ2n) is 5.85. The maximum absolute atomic E-state index is 14.1. The summed E-state index contributed by atoms with van der Waals surface area (Å²) in [6.07, 6.45) is -0.552. The summed E-state index contributed by atoms with van der Waals surface area (Å²) >= 11 is 3.12. The Morgan fingerprint density at radius 3 is 2.54 bits per heavy atom. The number of carbonyl (C=O) groups is 3. The Labute approximate surface area is 155 Å². The maximum Gasteiger partial charge on any atom is 0.304 e. The van der Waals surface area contributed by atoms with E-state index < -0.39 is 41.8 Å². The molecule has 26 heavy (non-hydrogen) atoms. The summed E-state index contributed by atoms with van der Waals surface area (Å²) in [5, 5.41) is 9.09. The first-order valence-corrected chi connectivity index (χ1v) is 8.38. The third kappa shape index (κ3) is 3.37. The molecule has 2 aromatic rings. The number of hydrogen-bond acceptors (Lipinski definition) is 3. The van der Waals surface area contributed by atoms with Gasteiger partial charge in [0, 0.05) is 15.6 Å². The molecule has 0 saturated carbocycles. The van der Waals surface area contributed by atoms with Crippen molar-refractivity contribution in [3.05, 3.63) is 69.2 Å². The number of carboxylic acids is 1. The number of benzene rings is 2. The fraction of sp³-hybridized carbons (Fsp3) is 0.167. The molecule has 2 aromatic carbocycles. The minimum Gasteiger partial charge on any atom is -0.481 e. The molecule has 1 atom stereocenters. The van der Waals surface area contributed by atoms with Crippen molar-refractivity contribution < 1.29 is 28.3 Å². The van der Waals surface area contributed by atoms with Crippen molar-refractivity contribution in [2.45, 2.75) is 18.9 Å². The van der Waals surface area contributed by atoms with Gasteiger partial charge in [0.2, 0.25) is 5.91 Å². The van der Waals surface area contributed by atoms with Crippen LogP contribution in [-0.4, -0.2) is 27.8 Å². The molecule has 134 valence electrons. The summed E-state index contributed by atoms with van der Waals surface area (Å²) in [6, 6.07) is 7.43. The zero-order valence-corrected chi connectivity index (χ0v) is 14.8. The average Bonchev–Trinajstić information content (AvgIpc) is 2.57. The summed E-state index contributed by atoms with van der Waals surface area (Å²) in [5.74, 6) is -5.22. The monoisotopic (exact) mass is 423 g/mol. The molecule has 1 unspecified atom stereocenters. The fourth-order valence-corrected chi connectivity index (χ4v) is 3.26. The van der Waals surface area contributed by atoms with Crippen LogP contribution in [0.25, 0.3) is 0 Å². The van der Waals surface area contributed by atoms with Crippen LogP contribution >= 0.6 is 15.9 Å². The third-order valence-corrected chi connectivity index (χ3v) is 4.65. The molecule has 5 nitrogen and oxygen atoms in total. The van der Waals surface area contributed by atoms with Crippen LogP contribution in [0.1, 0.15) is 33.8 Å². The Bertz CT molecular complexity index is 931. The number of halogens is 3. The molecular formula is C18H12BrF2NO4. The average molecular weight is 424 g/mol. The molecule has 0 spiro atoms. The predicted octanol–water partition coefficient (Wildman–Crippen LogP) is 3.47. The van der Waals surface area contributed by atoms with Gasteiger partial charge in [-0.15, -0.1) is 0 Å². The fourth-order valence-electron chi connectivity index (χ4n) is 2.93. The first-order chi connectivity index (χ1) is 12.3. The van der Waals surface area contributed by atoms with Crippen LogP contribution in [0, 0.1) is 11.6 Å². The Hall–Kier alpha value is -2.61. The minimum atomic E-state index is -1.23. The lowest BCUT2D eigenvalue weighted by atomic mass is 9.86. The second-order valence-corrected chi connectivity index (χ2v) is 6.76. The topological polar surface area (TPSA) is 74.7 Å². The van der Waals surface area contributed by atoms with Gasteiger partial charge in [-0.05, 0) is 29.8 Å². The van der Waals surface area contributed by atoms with Crippen LogP contribution in [0.4, 0.5) is 8.78 Å². The van der Waals surface area contributed by atoms with Gasteiger partial charge in [-0.3, -0.25) is 19.3 Å². The van der Waals surface area contributed by atoms with Crippen molar-refractivity contribution in [1.82, 2.24) is 4.90 Å². The lowest BCUT2D eigenvalue weighted by Crippen LogP contribution is -2.45. The lowest BCUT2D eigenvalue weighted by molar-refractivity contribution is -0.141. The third-order valence-electron chi connectivity index (χ3n) is 4.15. The molecule has 0 fully saturated rings. The van der Waals surface area contributed by atoms with Gasteiger partial charge in [0.05, 0.1) is 18.9 Å². The first-order valence-electron chi connectivity index (χ1n) is 7.59. The molecule has 1 aliphatic heterocycles. The zero-order valence-electron chi connectivity index (χ0n) is 13.2. The van der Waals surface area contributed by atoms with Crippen molar-refractivity contribution >= 4 is 33.7 Å². The summed E-state index contributed by atoms with van der Waals surface area (Å²) in [4.78, 5) is 37.3. The number of nitrogens with zero attached hydrogens (tertiary/aromatic N) is 1. The molecule has 0 radical (unpaired) electrons. The van der Waals surface area contributed by atoms with Crippen molar-refractivity contribution in [2.24, 2.45) is 0 Å². The molecule has 2 amide bonds. The number of carbonyl (C=O) groups excluding carboxylic acids is 2. The van der Waals surface area contributed by atoms with Gasteiger partial charge < -0.3 is 5.11 Å². The molecule has 1 heterocycles. The van der Waals surface area contributed by atoms with Crippen molar-refractivity contribution in [3.63, 3.8) is 0 Å². The lowest BCUT2D eigenvalue weighted by Gasteiger charge is -2.32. The van der Waals surface area contributed by atoms with Crippen LogP contribution in [0.5, 0.6) is 0 Å². The number of carboxylic acid groups (broad SMARTS) is 1. The van der Waals surface area contributed by atoms with E-state index in [1.54, 1.807) is 6.07 Å². The molecule has 8 heteroatoms. The van der Waals surface area contributed by atoms with E-state index in [4.69, 9.17) is 5.11 Å². The quantitative estimate of drug-likeness (QED) is 0.763. The van der Waals surface area contributed by atoms with E-state index in [1.807, 2.05) is 0 Å². The van der Waals surface area contributed by atoms with Gasteiger partial charge in [-0.2, -0.15) is 0 Å². The number of aliphatic carboxylic acids is 1. The number of amides is 2. The SMILES string of the molecule is O=C(O)CC1C(=O)N(Cc2ccc(Br)cc2F)C(=O)c2cc(F)ccc21. The van der Waals surface area contributed by atoms with Crippen LogP contribution in [-0.2, 0) is 16.1 Å². The predicted molar refractivity (Wildman–Crippen MR) is 90.4 cm³/mol. The number of imide groups is 1. The summed E-state index contributed by atoms with van der Waals surface area (Å²) in [5.41, 5.74) is 0.161. The Morgan fingerprint density at radius 1 is 1.15 bits per heavy atom. The van der Waals surface area contributed by atoms with Crippen LogP contribution in [0.2, 0.25) is 0 Å². The minimum absolute atomic E-state index is 0.0869. The van der Waals surface area contributed by atoms with E-state index in [-0.39, 0.29) is 23.2 Å². The molecule has 3 rings (SSSR count). The highest BCUT2D eigenvalue weighted by atomic mass is 79.9. The maximum atomic E-state index is 14.1. The molecule has 1 aliphatic rings. The van der Waals surface area contributed by atoms with Gasteiger partial charge in [0.25, 0.3) is 5.91 Å². The first kappa shape index (κ1) is 18.2. The highest BCUT2D eigenvalue weighted by Gasteiger charge is 2.40. The van der Waals surface area contributed by atoms with Gasteiger partial charge in [0.15, 0.2) is 0 Å². The smallest absolute Gasteiger partial charge is 0.304 e. The van der Waals surface area contributed by atoms with Crippen LogP contribution in [0.3, 0.4) is 0 Å². The Kier molecular flexibility index (Phi) is 4.86. The van der Waals surface area contributed by atoms with Gasteiger partial charge in [0.1, 0.15) is 11.6 Å². The number of fused-ring (bicyclic) bond motifs is 1. The zero-order chi connectivity index (χ0) is 19.0. The van der Waals surface area contributed by atoms with E-state index in [0.717, 1.165) is 17.0 Å². The number of hydrogen-bond donors (Lipinski definition) is 1. The summed E-state index contributed by atoms with van der Waals surface area (Å²) < 4.78 is 28.2. The summed E-state index contributed by atoms with van der Waals surface area (Å²) in [6.45, 7) is -0.372. The van der Waals surface area contributed by atoms with Crippen molar-refractivity contribution in [1.29, 1.82) is 0 Å². The van der Waals surface area contributed by atoms with E-state index in [0.29, 0.717) is 4.47 Å². The summed E-state index contributed by atoms with van der Waals surface area (Å²) in [7, 11) is 0. The molecule has 0 saturated heterocycles. The standard InChI is InChI=1S/C18H12BrF2NO4/c19-10-2-1-9(15(21)5-10)8-22-17(25)13-6-11(20)3-4-12(13)14(18(22)26)7-16(23)24/h1-6,14H,7-8H2,(H,23,24). The Balaban J connectivity index is 2.04. The molecule has 0 bridgehead atoms. The molecule has 0 aliphatic carbocycles. The van der Waals surface area contributed by atoms with Crippen molar-refractivity contribution in [3.8, 4) is 0 Å². The normalized spacial score (nSPS) is 16.6. The van der Waals surface area contributed by atoms with Gasteiger partial charge in [-0.1, -0.05) is 28.1 Å². The molecule has 0 aromatic heterocycles. The van der Waals surface area contributed by atoms with Crippen LogP contribution < -0.4 is 0 Å². The highest BCUT2D eigenvalue weighted by Crippen LogP contribution is 2.33. The van der Waals surface area contributed by atoms with E-state index in [9.17, 15) is 23.2 Å². The van der Waals surface area contributed by atoms with E-state index in [2.05, 4.69) is 15.9 Å². The van der Waals surface area contributed by atoms with Gasteiger partial charge in [-0.25, -0.2) is 8.78 Å². The molecular weight excluding hydrogens is 412 g/mol. The number of rotatable bonds is 4. The highest BCUT2D eigenvalue weighted by molar-refractivity contribution is 9.10. The Morgan fingerprint density at radius 2 is 1.88 bits per heavy atom. The largest absolute Gasteiger partial charge is 0.481 e.